The predicted octanol–water partition coefficient (Wildman–Crippen LogP) is 2.21. The number of aliphatic hydroxyl groups is 1. The molecule has 1 aromatic rings. The Labute approximate surface area is 137 Å². The molecule has 0 radical (unpaired) electrons. The van der Waals surface area contributed by atoms with Crippen LogP contribution in [0.2, 0.25) is 0 Å². The fourth-order valence-corrected chi connectivity index (χ4v) is 2.81. The van der Waals surface area contributed by atoms with Crippen LogP contribution in [0, 0.1) is 0 Å². The number of anilines is 2. The highest BCUT2D eigenvalue weighted by Crippen LogP contribution is 2.26. The van der Waals surface area contributed by atoms with Crippen LogP contribution in [0.5, 0.6) is 0 Å². The standard InChI is InChI=1S/C17H27N3O3/c1-12-10-19(15-6-5-14(18)9-13(15)11-21)7-8-20(12)16(22)23-17(2,3)4/h5-6,9,12,21H,7-8,10-11,18H2,1-4H3/t12-/m1/s1. The Morgan fingerprint density at radius 1 is 1.39 bits per heavy atom. The number of nitrogens with zero attached hydrogens (tertiary/aromatic N) is 2. The van der Waals surface area contributed by atoms with Crippen LogP contribution in [0.4, 0.5) is 16.2 Å². The fraction of sp³-hybridized carbons (Fsp3) is 0.588. The van der Waals surface area contributed by atoms with Crippen LogP contribution in [-0.4, -0.2) is 47.4 Å². The Morgan fingerprint density at radius 3 is 2.65 bits per heavy atom. The smallest absolute Gasteiger partial charge is 0.410 e. The highest BCUT2D eigenvalue weighted by molar-refractivity contribution is 5.69. The third kappa shape index (κ3) is 4.28. The van der Waals surface area contributed by atoms with E-state index in [2.05, 4.69) is 4.90 Å². The van der Waals surface area contributed by atoms with Gasteiger partial charge in [-0.3, -0.25) is 0 Å². The Bertz CT molecular complexity index is 569. The first-order valence-corrected chi connectivity index (χ1v) is 7.95. The van der Waals surface area contributed by atoms with Gasteiger partial charge in [0.2, 0.25) is 0 Å². The van der Waals surface area contributed by atoms with Gasteiger partial charge in [-0.05, 0) is 45.9 Å². The van der Waals surface area contributed by atoms with Crippen molar-refractivity contribution in [3.8, 4) is 0 Å². The van der Waals surface area contributed by atoms with E-state index in [1.54, 1.807) is 11.0 Å². The van der Waals surface area contributed by atoms with E-state index in [1.165, 1.54) is 0 Å². The van der Waals surface area contributed by atoms with Crippen molar-refractivity contribution in [3.05, 3.63) is 23.8 Å². The van der Waals surface area contributed by atoms with E-state index in [1.807, 2.05) is 39.8 Å². The summed E-state index contributed by atoms with van der Waals surface area (Å²) in [5.41, 5.74) is 7.71. The average molecular weight is 321 g/mol. The van der Waals surface area contributed by atoms with Crippen molar-refractivity contribution in [2.24, 2.45) is 0 Å². The minimum absolute atomic E-state index is 0.0303. The molecule has 0 spiro atoms. The van der Waals surface area contributed by atoms with E-state index in [0.29, 0.717) is 25.3 Å². The van der Waals surface area contributed by atoms with Crippen molar-refractivity contribution >= 4 is 17.5 Å². The van der Waals surface area contributed by atoms with Crippen LogP contribution in [0.25, 0.3) is 0 Å². The largest absolute Gasteiger partial charge is 0.444 e. The molecule has 1 fully saturated rings. The van der Waals surface area contributed by atoms with Gasteiger partial charge in [-0.1, -0.05) is 0 Å². The van der Waals surface area contributed by atoms with Gasteiger partial charge in [0.1, 0.15) is 5.60 Å². The summed E-state index contributed by atoms with van der Waals surface area (Å²) in [4.78, 5) is 16.2. The van der Waals surface area contributed by atoms with Crippen LogP contribution < -0.4 is 10.6 Å². The van der Waals surface area contributed by atoms with Crippen LogP contribution in [0.15, 0.2) is 18.2 Å². The van der Waals surface area contributed by atoms with Gasteiger partial charge in [0.05, 0.1) is 6.61 Å². The number of amides is 1. The highest BCUT2D eigenvalue weighted by atomic mass is 16.6. The lowest BCUT2D eigenvalue weighted by atomic mass is 10.1. The number of hydrogen-bond donors (Lipinski definition) is 2. The van der Waals surface area contributed by atoms with Gasteiger partial charge in [0, 0.05) is 42.6 Å². The van der Waals surface area contributed by atoms with Gasteiger partial charge in [0.25, 0.3) is 0 Å². The Kier molecular flexibility index (Phi) is 5.04. The summed E-state index contributed by atoms with van der Waals surface area (Å²) in [6.07, 6.45) is -0.274. The van der Waals surface area contributed by atoms with Crippen LogP contribution in [0.1, 0.15) is 33.3 Å². The zero-order valence-corrected chi connectivity index (χ0v) is 14.4. The fourth-order valence-electron chi connectivity index (χ4n) is 2.81. The summed E-state index contributed by atoms with van der Waals surface area (Å²) in [7, 11) is 0. The highest BCUT2D eigenvalue weighted by Gasteiger charge is 2.31. The van der Waals surface area contributed by atoms with Crippen molar-refractivity contribution < 1.29 is 14.6 Å². The van der Waals surface area contributed by atoms with E-state index in [-0.39, 0.29) is 18.7 Å². The molecule has 1 heterocycles. The number of carbonyl (C=O) groups excluding carboxylic acids is 1. The summed E-state index contributed by atoms with van der Waals surface area (Å²) in [5, 5.41) is 9.54. The number of piperazine rings is 1. The van der Waals surface area contributed by atoms with E-state index >= 15 is 0 Å². The first-order valence-electron chi connectivity index (χ1n) is 7.95. The normalized spacial score (nSPS) is 18.9. The third-order valence-electron chi connectivity index (χ3n) is 3.87. The summed E-state index contributed by atoms with van der Waals surface area (Å²) >= 11 is 0. The number of ether oxygens (including phenoxy) is 1. The molecule has 0 bridgehead atoms. The minimum Gasteiger partial charge on any atom is -0.444 e. The molecule has 128 valence electrons. The zero-order valence-electron chi connectivity index (χ0n) is 14.4. The number of hydrogen-bond acceptors (Lipinski definition) is 5. The molecule has 1 amide bonds. The molecule has 3 N–H and O–H groups in total. The molecule has 0 aliphatic carbocycles. The second-order valence-electron chi connectivity index (χ2n) is 7.02. The monoisotopic (exact) mass is 321 g/mol. The summed E-state index contributed by atoms with van der Waals surface area (Å²) in [6.45, 7) is 9.53. The van der Waals surface area contributed by atoms with E-state index in [9.17, 15) is 9.90 Å². The maximum Gasteiger partial charge on any atom is 0.410 e. The van der Waals surface area contributed by atoms with Gasteiger partial charge < -0.3 is 25.4 Å². The molecule has 23 heavy (non-hydrogen) atoms. The van der Waals surface area contributed by atoms with Gasteiger partial charge >= 0.3 is 6.09 Å². The summed E-state index contributed by atoms with van der Waals surface area (Å²) in [5.74, 6) is 0. The topological polar surface area (TPSA) is 79.0 Å². The molecular formula is C17H27N3O3. The number of carbonyl (C=O) groups is 1. The molecule has 1 atom stereocenters. The number of rotatable bonds is 2. The second kappa shape index (κ2) is 6.66. The van der Waals surface area contributed by atoms with Crippen molar-refractivity contribution in [1.82, 2.24) is 4.90 Å². The lowest BCUT2D eigenvalue weighted by Crippen LogP contribution is -2.55. The van der Waals surface area contributed by atoms with E-state index < -0.39 is 5.60 Å². The Hall–Kier alpha value is -1.95. The van der Waals surface area contributed by atoms with Crippen LogP contribution in [-0.2, 0) is 11.3 Å². The van der Waals surface area contributed by atoms with Crippen molar-refractivity contribution in [2.45, 2.75) is 45.9 Å². The molecule has 1 aliphatic heterocycles. The minimum atomic E-state index is -0.491. The quantitative estimate of drug-likeness (QED) is 0.817. The van der Waals surface area contributed by atoms with Gasteiger partial charge in [-0.15, -0.1) is 0 Å². The maximum atomic E-state index is 12.3. The average Bonchev–Trinajstić information content (AvgIpc) is 2.44. The molecule has 0 unspecified atom stereocenters. The van der Waals surface area contributed by atoms with E-state index in [4.69, 9.17) is 10.5 Å². The number of benzene rings is 1. The third-order valence-corrected chi connectivity index (χ3v) is 3.87. The molecule has 1 aliphatic rings. The predicted molar refractivity (Wildman–Crippen MR) is 91.4 cm³/mol. The molecule has 6 heteroatoms. The van der Waals surface area contributed by atoms with Crippen LogP contribution >= 0.6 is 0 Å². The second-order valence-corrected chi connectivity index (χ2v) is 7.02. The van der Waals surface area contributed by atoms with Crippen molar-refractivity contribution in [2.75, 3.05) is 30.3 Å². The lowest BCUT2D eigenvalue weighted by molar-refractivity contribution is 0.0159. The molecule has 1 aromatic carbocycles. The number of nitrogen functional groups attached to an aromatic ring is 1. The molecule has 1 saturated heterocycles. The van der Waals surface area contributed by atoms with Crippen molar-refractivity contribution in [3.63, 3.8) is 0 Å². The van der Waals surface area contributed by atoms with Crippen LogP contribution in [0.3, 0.4) is 0 Å². The lowest BCUT2D eigenvalue weighted by Gasteiger charge is -2.41. The molecule has 2 rings (SSSR count). The SMILES string of the molecule is C[C@@H]1CN(c2ccc(N)cc2CO)CCN1C(=O)OC(C)(C)C. The zero-order chi connectivity index (χ0) is 17.2. The van der Waals surface area contributed by atoms with Crippen molar-refractivity contribution in [1.29, 1.82) is 0 Å². The summed E-state index contributed by atoms with van der Waals surface area (Å²) in [6, 6.07) is 5.58. The van der Waals surface area contributed by atoms with E-state index in [0.717, 1.165) is 11.3 Å². The van der Waals surface area contributed by atoms with Gasteiger partial charge in [-0.2, -0.15) is 0 Å². The first-order chi connectivity index (χ1) is 10.7. The Balaban J connectivity index is 2.08. The first kappa shape index (κ1) is 17.4. The number of aliphatic hydroxyl groups excluding tert-OH is 1. The molecule has 0 aromatic heterocycles. The van der Waals surface area contributed by atoms with Gasteiger partial charge in [-0.25, -0.2) is 4.79 Å². The molecular weight excluding hydrogens is 294 g/mol. The number of nitrogens with two attached hydrogens (primary N) is 1. The summed E-state index contributed by atoms with van der Waals surface area (Å²) < 4.78 is 5.46. The molecule has 6 nitrogen and oxygen atoms in total. The Morgan fingerprint density at radius 2 is 2.09 bits per heavy atom. The van der Waals surface area contributed by atoms with Gasteiger partial charge in [0.15, 0.2) is 0 Å². The maximum absolute atomic E-state index is 12.3. The molecule has 0 saturated carbocycles.